The summed E-state index contributed by atoms with van der Waals surface area (Å²) in [5, 5.41) is 6.30. The summed E-state index contributed by atoms with van der Waals surface area (Å²) in [7, 11) is 1.62. The van der Waals surface area contributed by atoms with Crippen molar-refractivity contribution >= 4 is 79.6 Å². The molecule has 5 rings (SSSR count). The zero-order valence-corrected chi connectivity index (χ0v) is 23.7. The normalized spacial score (nSPS) is 20.3. The molecule has 0 unspecified atom stereocenters. The molecule has 1 aliphatic heterocycles. The fourth-order valence-electron chi connectivity index (χ4n) is 4.84. The Kier molecular flexibility index (Phi) is 7.43. The van der Waals surface area contributed by atoms with Crippen LogP contribution in [-0.4, -0.2) is 7.11 Å². The van der Waals surface area contributed by atoms with Crippen LogP contribution >= 0.6 is 73.9 Å². The van der Waals surface area contributed by atoms with Crippen molar-refractivity contribution in [3.8, 4) is 11.5 Å². The van der Waals surface area contributed by atoms with E-state index in [9.17, 15) is 0 Å². The summed E-state index contributed by atoms with van der Waals surface area (Å²) in [6, 6.07) is 11.0. The maximum absolute atomic E-state index is 6.62. The molecular weight excluding hydrogens is 615 g/mol. The van der Waals surface area contributed by atoms with Gasteiger partial charge in [-0.25, -0.2) is 0 Å². The first-order valence-corrected chi connectivity index (χ1v) is 13.5. The first-order chi connectivity index (χ1) is 16.8. The Morgan fingerprint density at radius 1 is 1.00 bits per heavy atom. The second kappa shape index (κ2) is 10.2. The molecule has 3 nitrogen and oxygen atoms in total. The lowest BCUT2D eigenvalue weighted by Crippen LogP contribution is -2.29. The Bertz CT molecular complexity index is 1350. The third-order valence-corrected chi connectivity index (χ3v) is 8.76. The molecular formula is C26H19BrCl5NO2. The van der Waals surface area contributed by atoms with E-state index in [-0.39, 0.29) is 24.5 Å². The molecule has 0 saturated carbocycles. The molecule has 1 N–H and O–H groups in total. The smallest absolute Gasteiger partial charge is 0.175 e. The number of halogens is 6. The van der Waals surface area contributed by atoms with Crippen molar-refractivity contribution in [3.05, 3.63) is 94.8 Å². The zero-order chi connectivity index (χ0) is 24.9. The fraction of sp³-hybridized carbons (Fsp3) is 0.231. The predicted molar refractivity (Wildman–Crippen MR) is 149 cm³/mol. The first-order valence-electron chi connectivity index (χ1n) is 10.8. The molecule has 0 bridgehead atoms. The number of anilines is 1. The van der Waals surface area contributed by atoms with Crippen LogP contribution in [0.4, 0.5) is 5.69 Å². The number of hydrogen-bond acceptors (Lipinski definition) is 3. The molecule has 0 fully saturated rings. The van der Waals surface area contributed by atoms with Crippen molar-refractivity contribution in [2.24, 2.45) is 5.92 Å². The summed E-state index contributed by atoms with van der Waals surface area (Å²) in [5.74, 6) is 1.54. The van der Waals surface area contributed by atoms with Crippen LogP contribution in [0.25, 0.3) is 0 Å². The highest BCUT2D eigenvalue weighted by atomic mass is 79.9. The molecule has 2 aliphatic rings. The number of methoxy groups -OCH3 is 1. The number of allylic oxidation sites excluding steroid dienone is 2. The van der Waals surface area contributed by atoms with Crippen LogP contribution in [0.1, 0.15) is 35.1 Å². The van der Waals surface area contributed by atoms with Crippen molar-refractivity contribution in [3.63, 3.8) is 0 Å². The van der Waals surface area contributed by atoms with Gasteiger partial charge in [-0.3, -0.25) is 0 Å². The van der Waals surface area contributed by atoms with E-state index < -0.39 is 0 Å². The highest BCUT2D eigenvalue weighted by Crippen LogP contribution is 2.55. The molecule has 1 heterocycles. The van der Waals surface area contributed by atoms with E-state index in [2.05, 4.69) is 33.4 Å². The van der Waals surface area contributed by atoms with Gasteiger partial charge in [-0.15, -0.1) is 0 Å². The number of nitrogens with one attached hydrogen (secondary N) is 1. The monoisotopic (exact) mass is 631 g/mol. The van der Waals surface area contributed by atoms with Crippen LogP contribution in [0.5, 0.6) is 11.5 Å². The summed E-state index contributed by atoms with van der Waals surface area (Å²) in [6.45, 7) is 0.267. The fourth-order valence-corrected chi connectivity index (χ4v) is 6.68. The van der Waals surface area contributed by atoms with Gasteiger partial charge in [0.25, 0.3) is 0 Å². The van der Waals surface area contributed by atoms with Crippen molar-refractivity contribution in [1.29, 1.82) is 0 Å². The van der Waals surface area contributed by atoms with Gasteiger partial charge in [0.1, 0.15) is 6.61 Å². The summed E-state index contributed by atoms with van der Waals surface area (Å²) in [4.78, 5) is 0. The Morgan fingerprint density at radius 2 is 1.80 bits per heavy atom. The summed E-state index contributed by atoms with van der Waals surface area (Å²) in [5.41, 5.74) is 3.62. The molecule has 1 aliphatic carbocycles. The molecule has 35 heavy (non-hydrogen) atoms. The zero-order valence-electron chi connectivity index (χ0n) is 18.3. The quantitative estimate of drug-likeness (QED) is 0.224. The minimum atomic E-state index is -0.0257. The minimum Gasteiger partial charge on any atom is -0.493 e. The topological polar surface area (TPSA) is 30.5 Å². The van der Waals surface area contributed by atoms with Gasteiger partial charge in [0, 0.05) is 27.1 Å². The predicted octanol–water partition coefficient (Wildman–Crippen LogP) is 10.1. The molecule has 0 saturated heterocycles. The molecule has 3 aromatic rings. The average molecular weight is 635 g/mol. The number of hydrogen-bond donors (Lipinski definition) is 1. The van der Waals surface area contributed by atoms with Crippen LogP contribution in [0.3, 0.4) is 0 Å². The van der Waals surface area contributed by atoms with Gasteiger partial charge in [0.15, 0.2) is 11.5 Å². The molecule has 3 aromatic carbocycles. The van der Waals surface area contributed by atoms with E-state index in [4.69, 9.17) is 67.5 Å². The second-order valence-corrected chi connectivity index (χ2v) is 11.4. The Morgan fingerprint density at radius 3 is 2.54 bits per heavy atom. The van der Waals surface area contributed by atoms with Gasteiger partial charge in [-0.05, 0) is 64.2 Å². The van der Waals surface area contributed by atoms with Gasteiger partial charge >= 0.3 is 0 Å². The third kappa shape index (κ3) is 4.74. The van der Waals surface area contributed by atoms with Crippen molar-refractivity contribution < 1.29 is 9.47 Å². The van der Waals surface area contributed by atoms with E-state index in [1.165, 1.54) is 0 Å². The van der Waals surface area contributed by atoms with E-state index >= 15 is 0 Å². The lowest BCUT2D eigenvalue weighted by atomic mass is 9.77. The summed E-state index contributed by atoms with van der Waals surface area (Å²) >= 11 is 35.6. The van der Waals surface area contributed by atoms with E-state index in [0.29, 0.717) is 36.6 Å². The molecule has 182 valence electrons. The van der Waals surface area contributed by atoms with Crippen LogP contribution in [0.2, 0.25) is 25.1 Å². The van der Waals surface area contributed by atoms with E-state index in [1.807, 2.05) is 18.2 Å². The Labute approximate surface area is 237 Å². The standard InChI is InChI=1S/C26H19BrCl5NO2/c1-34-21-8-13(7-17(27)26(21)35-11-12-5-6-14(28)9-18(12)29)24-16-4-2-3-15(16)22-23(32)19(30)10-20(31)25(22)33-24/h2-3,5-10,15-16,24,33H,4,11H2,1H3/t15-,16-,24+/m1/s1. The van der Waals surface area contributed by atoms with E-state index in [0.717, 1.165) is 33.3 Å². The van der Waals surface area contributed by atoms with Crippen LogP contribution in [0, 0.1) is 5.92 Å². The number of ether oxygens (including phenoxy) is 2. The van der Waals surface area contributed by atoms with Gasteiger partial charge in [0.05, 0.1) is 38.4 Å². The van der Waals surface area contributed by atoms with Crippen molar-refractivity contribution in [2.75, 3.05) is 12.4 Å². The molecule has 9 heteroatoms. The average Bonchev–Trinajstić information content (AvgIpc) is 3.31. The lowest BCUT2D eigenvalue weighted by molar-refractivity contribution is 0.282. The van der Waals surface area contributed by atoms with E-state index in [1.54, 1.807) is 25.3 Å². The van der Waals surface area contributed by atoms with Crippen LogP contribution in [0.15, 0.2) is 53.0 Å². The number of fused-ring (bicyclic) bond motifs is 3. The van der Waals surface area contributed by atoms with Crippen molar-refractivity contribution in [2.45, 2.75) is 25.0 Å². The summed E-state index contributed by atoms with van der Waals surface area (Å²) < 4.78 is 12.6. The molecule has 0 amide bonds. The Hall–Kier alpha value is -1.27. The Balaban J connectivity index is 1.49. The number of benzene rings is 3. The van der Waals surface area contributed by atoms with Crippen LogP contribution in [-0.2, 0) is 6.61 Å². The maximum atomic E-state index is 6.62. The van der Waals surface area contributed by atoms with Crippen molar-refractivity contribution in [1.82, 2.24) is 0 Å². The molecule has 0 radical (unpaired) electrons. The minimum absolute atomic E-state index is 0.0257. The number of rotatable bonds is 5. The van der Waals surface area contributed by atoms with Gasteiger partial charge < -0.3 is 14.8 Å². The van der Waals surface area contributed by atoms with Gasteiger partial charge in [-0.1, -0.05) is 76.2 Å². The summed E-state index contributed by atoms with van der Waals surface area (Å²) in [6.07, 6.45) is 5.27. The molecule has 0 aromatic heterocycles. The third-order valence-electron chi connectivity index (χ3n) is 6.48. The maximum Gasteiger partial charge on any atom is 0.175 e. The largest absolute Gasteiger partial charge is 0.493 e. The highest BCUT2D eigenvalue weighted by molar-refractivity contribution is 9.10. The molecule has 3 atom stereocenters. The van der Waals surface area contributed by atoms with Gasteiger partial charge in [0.2, 0.25) is 0 Å². The highest BCUT2D eigenvalue weighted by Gasteiger charge is 2.41. The second-order valence-electron chi connectivity index (χ2n) is 8.48. The first kappa shape index (κ1) is 25.4. The molecule has 0 spiro atoms. The van der Waals surface area contributed by atoms with Gasteiger partial charge in [-0.2, -0.15) is 0 Å². The van der Waals surface area contributed by atoms with Crippen LogP contribution < -0.4 is 14.8 Å². The SMILES string of the molecule is COc1cc([C@@H]2Nc3c(Cl)cc(Cl)c(Cl)c3[C@@H]3C=CC[C@H]32)cc(Br)c1OCc1ccc(Cl)cc1Cl. The lowest BCUT2D eigenvalue weighted by Gasteiger charge is -2.38.